The highest BCUT2D eigenvalue weighted by Crippen LogP contribution is 2.41. The summed E-state index contributed by atoms with van der Waals surface area (Å²) in [6.07, 6.45) is 24.4. The van der Waals surface area contributed by atoms with Crippen LogP contribution < -0.4 is 27.0 Å². The Morgan fingerprint density at radius 1 is 0.471 bits per heavy atom. The molecule has 3 aliphatic heterocycles. The number of piperidine rings is 3. The molecule has 3 saturated heterocycles. The smallest absolute Gasteiger partial charge is 0.255 e. The fourth-order valence-corrected chi connectivity index (χ4v) is 12.9. The third-order valence-corrected chi connectivity index (χ3v) is 18.9. The van der Waals surface area contributed by atoms with E-state index in [1.807, 2.05) is 125 Å². The van der Waals surface area contributed by atoms with Crippen molar-refractivity contribution in [1.29, 1.82) is 0 Å². The summed E-state index contributed by atoms with van der Waals surface area (Å²) in [7, 11) is 0. The van der Waals surface area contributed by atoms with Gasteiger partial charge in [0.1, 0.15) is 36.0 Å². The van der Waals surface area contributed by atoms with Crippen LogP contribution in [0.3, 0.4) is 0 Å². The van der Waals surface area contributed by atoms with Crippen LogP contribution in [-0.2, 0) is 19.2 Å². The molecule has 0 spiro atoms. The van der Waals surface area contributed by atoms with Crippen molar-refractivity contribution in [3.63, 3.8) is 0 Å². The van der Waals surface area contributed by atoms with Crippen molar-refractivity contribution in [2.75, 3.05) is 52.4 Å². The number of amides is 6. The fourth-order valence-electron chi connectivity index (χ4n) is 12.9. The highest BCUT2D eigenvalue weighted by molar-refractivity contribution is 5.99. The minimum Gasteiger partial charge on any atom is -0.396 e. The largest absolute Gasteiger partial charge is 0.396 e. The molecule has 3 aromatic heterocycles. The Morgan fingerprint density at radius 2 is 0.814 bits per heavy atom. The lowest BCUT2D eigenvalue weighted by molar-refractivity contribution is -0.135. The van der Waals surface area contributed by atoms with Crippen LogP contribution >= 0.6 is 0 Å². The van der Waals surface area contributed by atoms with E-state index in [9.17, 15) is 42.3 Å². The van der Waals surface area contributed by atoms with Crippen molar-refractivity contribution in [3.8, 4) is 17.1 Å². The second kappa shape index (κ2) is 38.1. The van der Waals surface area contributed by atoms with E-state index in [0.717, 1.165) is 139 Å². The SMILES string of the molecule is N[C@@H]1C[C@H]1c1ccc(F)cc1.O=C(N[C@@H](CCCN[C@@H]1C[C@H]1c1ccc(F)cc1)C(=O)N1CCCCC1)c1cnn(-c2ccccc2)c1.O=C(N[C@@H](CCCO)C(=O)N1CCCCC1)c1cnn(-c2ccccc2)c1.O=CCC[C@H](NC(=O)c1cnn(-c2ccccc2)c1)C(=O)N1CCCCC1. The molecule has 0 radical (unpaired) electrons. The van der Waals surface area contributed by atoms with E-state index >= 15 is 0 Å². The molecule has 2 saturated carbocycles. The molecule has 8 aromatic rings. The number of hydrogen-bond donors (Lipinski definition) is 6. The number of rotatable bonds is 25. The van der Waals surface area contributed by atoms with Crippen LogP contribution in [0.1, 0.15) is 163 Å². The molecule has 0 bridgehead atoms. The molecule has 13 rings (SSSR count). The first-order valence-electron chi connectivity index (χ1n) is 35.9. The minimum absolute atomic E-state index is 0.000822. The number of nitrogens with one attached hydrogen (secondary N) is 4. The fraction of sp³-hybridized carbons (Fsp3) is 0.410. The summed E-state index contributed by atoms with van der Waals surface area (Å²) in [6, 6.07) is 40.7. The molecular formula is C78H94F2N14O8. The van der Waals surface area contributed by atoms with Crippen LogP contribution in [0, 0.1) is 11.6 Å². The van der Waals surface area contributed by atoms with Gasteiger partial charge >= 0.3 is 0 Å². The Morgan fingerprint density at radius 3 is 1.16 bits per heavy atom. The third kappa shape index (κ3) is 22.0. The monoisotopic (exact) mass is 1390 g/mol. The van der Waals surface area contributed by atoms with Crippen molar-refractivity contribution in [3.05, 3.63) is 216 Å². The maximum Gasteiger partial charge on any atom is 0.255 e. The first kappa shape index (κ1) is 74.6. The first-order valence-corrected chi connectivity index (χ1v) is 35.9. The summed E-state index contributed by atoms with van der Waals surface area (Å²) in [6.45, 7) is 5.12. The molecule has 102 heavy (non-hydrogen) atoms. The van der Waals surface area contributed by atoms with Gasteiger partial charge < -0.3 is 51.6 Å². The van der Waals surface area contributed by atoms with Crippen LogP contribution in [0.5, 0.6) is 0 Å². The normalized spacial score (nSPS) is 18.4. The number of carbonyl (C=O) groups is 7. The Labute approximate surface area is 594 Å². The van der Waals surface area contributed by atoms with E-state index in [2.05, 4.69) is 36.6 Å². The van der Waals surface area contributed by atoms with Gasteiger partial charge in [-0.25, -0.2) is 22.8 Å². The number of hydrogen-bond acceptors (Lipinski definition) is 13. The molecule has 5 aromatic carbocycles. The summed E-state index contributed by atoms with van der Waals surface area (Å²) in [5.74, 6) is -0.655. The van der Waals surface area contributed by atoms with Crippen LogP contribution in [0.15, 0.2) is 177 Å². The molecule has 6 amide bonds. The van der Waals surface area contributed by atoms with Crippen LogP contribution in [0.2, 0.25) is 0 Å². The highest BCUT2D eigenvalue weighted by atomic mass is 19.1. The highest BCUT2D eigenvalue weighted by Gasteiger charge is 2.38. The molecule has 22 nitrogen and oxygen atoms in total. The molecule has 0 unspecified atom stereocenters. The number of likely N-dealkylation sites (tertiary alicyclic amines) is 3. The number of aliphatic hydroxyl groups is 1. The molecule has 5 aliphatic rings. The number of aliphatic hydroxyl groups excluding tert-OH is 1. The van der Waals surface area contributed by atoms with Crippen LogP contribution in [0.25, 0.3) is 17.1 Å². The van der Waals surface area contributed by atoms with Gasteiger partial charge in [0.15, 0.2) is 0 Å². The predicted octanol–water partition coefficient (Wildman–Crippen LogP) is 9.41. The molecular weight excluding hydrogens is 1300 g/mol. The molecule has 2 aliphatic carbocycles. The van der Waals surface area contributed by atoms with E-state index in [1.165, 1.54) is 48.4 Å². The van der Waals surface area contributed by atoms with Crippen LogP contribution in [-0.4, -0.2) is 174 Å². The minimum atomic E-state index is -0.694. The standard InChI is InChI=1S/C29H34FN5O2.C20H26N4O3.C20H24N4O3.C9H10FN/c30-23-13-11-21(12-14-23)25-18-27(25)31-15-7-10-26(29(37)34-16-5-2-6-17-34)33-28(36)22-19-32-35(20-22)24-8-3-1-4-9-24;2*25-13-7-10-18(20(27)23-11-5-2-6-12-23)22-19(26)16-14-21-24(15-16)17-8-3-1-4-9-17;10-7-3-1-6(2-4-7)8-5-9(8)11/h1,3-4,8-9,11-14,19-20,25-27,31H,2,5-7,10,15-18H2,(H,33,36);1,3-4,8-9,14-15,18,25H,2,5-7,10-13H2,(H,22,26);1,3-4,8-9,13-15,18H,2,5-7,10-12H2,(H,22,26);1-4,8-9H,5,11H2/t25-,26-,27+;2*18-;8-,9+/m0000/s1. The van der Waals surface area contributed by atoms with Crippen LogP contribution in [0.4, 0.5) is 8.78 Å². The van der Waals surface area contributed by atoms with E-state index in [-0.39, 0.29) is 60.1 Å². The molecule has 538 valence electrons. The van der Waals surface area contributed by atoms with Gasteiger partial charge in [0, 0.05) is 94.8 Å². The number of benzene rings is 5. The Hall–Kier alpha value is -10.0. The Kier molecular flexibility index (Phi) is 27.9. The number of halogens is 2. The summed E-state index contributed by atoms with van der Waals surface area (Å²) < 4.78 is 30.5. The quantitative estimate of drug-likeness (QED) is 0.0230. The van der Waals surface area contributed by atoms with E-state index in [1.54, 1.807) is 37.5 Å². The number of carbonyl (C=O) groups excluding carboxylic acids is 7. The van der Waals surface area contributed by atoms with Gasteiger partial charge in [0.2, 0.25) is 17.7 Å². The molecule has 24 heteroatoms. The maximum atomic E-state index is 13.3. The molecule has 6 heterocycles. The van der Waals surface area contributed by atoms with Gasteiger partial charge in [-0.1, -0.05) is 78.9 Å². The zero-order valence-corrected chi connectivity index (χ0v) is 57.7. The summed E-state index contributed by atoms with van der Waals surface area (Å²) in [4.78, 5) is 93.5. The first-order chi connectivity index (χ1) is 49.7. The number of aldehydes is 1. The predicted molar refractivity (Wildman–Crippen MR) is 384 cm³/mol. The van der Waals surface area contributed by atoms with Gasteiger partial charge in [-0.15, -0.1) is 0 Å². The summed E-state index contributed by atoms with van der Waals surface area (Å²) in [5.41, 5.74) is 11.7. The number of nitrogens with two attached hydrogens (primary N) is 1. The second-order valence-electron chi connectivity index (χ2n) is 26.5. The lowest BCUT2D eigenvalue weighted by atomic mass is 10.1. The molecule has 7 N–H and O–H groups in total. The van der Waals surface area contributed by atoms with Gasteiger partial charge in [0.25, 0.3) is 17.7 Å². The van der Waals surface area contributed by atoms with Crippen molar-refractivity contribution < 1.29 is 47.4 Å². The lowest BCUT2D eigenvalue weighted by Crippen LogP contribution is -2.50. The summed E-state index contributed by atoms with van der Waals surface area (Å²) >= 11 is 0. The second-order valence-corrected chi connectivity index (χ2v) is 26.5. The zero-order chi connectivity index (χ0) is 71.6. The van der Waals surface area contributed by atoms with Crippen molar-refractivity contribution in [2.45, 2.75) is 151 Å². The van der Waals surface area contributed by atoms with Crippen molar-refractivity contribution in [1.82, 2.24) is 65.3 Å². The van der Waals surface area contributed by atoms with Gasteiger partial charge in [0.05, 0.1) is 52.3 Å². The van der Waals surface area contributed by atoms with Crippen molar-refractivity contribution >= 4 is 41.7 Å². The van der Waals surface area contributed by atoms with Crippen molar-refractivity contribution in [2.24, 2.45) is 5.73 Å². The third-order valence-electron chi connectivity index (χ3n) is 18.9. The average molecular weight is 1390 g/mol. The van der Waals surface area contributed by atoms with E-state index < -0.39 is 18.1 Å². The zero-order valence-electron chi connectivity index (χ0n) is 57.7. The number of aromatic nitrogens is 6. The topological polar surface area (TPSA) is 277 Å². The number of nitrogens with zero attached hydrogens (tertiary/aromatic N) is 9. The lowest BCUT2D eigenvalue weighted by Gasteiger charge is -2.30. The summed E-state index contributed by atoms with van der Waals surface area (Å²) in [5, 5.41) is 34.1. The number of para-hydroxylation sites is 3. The van der Waals surface area contributed by atoms with Gasteiger partial charge in [-0.3, -0.25) is 28.8 Å². The Balaban J connectivity index is 0.000000155. The molecule has 5 fully saturated rings. The van der Waals surface area contributed by atoms with E-state index in [4.69, 9.17) is 10.8 Å². The van der Waals surface area contributed by atoms with E-state index in [0.29, 0.717) is 79.4 Å². The molecule has 7 atom stereocenters. The Bertz CT molecular complexity index is 3950. The van der Waals surface area contributed by atoms with Gasteiger partial charge in [-0.05, 0) is 181 Å². The van der Waals surface area contributed by atoms with Gasteiger partial charge in [-0.2, -0.15) is 15.3 Å². The maximum absolute atomic E-state index is 13.3. The average Bonchev–Trinajstić information content (AvgIpc) is 1.66.